The zero-order chi connectivity index (χ0) is 22.5. The maximum absolute atomic E-state index is 12.9. The van der Waals surface area contributed by atoms with Crippen molar-refractivity contribution < 1.29 is 14.3 Å². The fourth-order valence-corrected chi connectivity index (χ4v) is 3.66. The third-order valence-corrected chi connectivity index (χ3v) is 5.31. The Bertz CT molecular complexity index is 1220. The minimum Gasteiger partial charge on any atom is -0.485 e. The number of aromatic nitrogens is 2. The van der Waals surface area contributed by atoms with Gasteiger partial charge in [-0.05, 0) is 48.4 Å². The number of likely N-dealkylation sites (N-methyl/N-ethyl adjacent to an activating group) is 1. The zero-order valence-electron chi connectivity index (χ0n) is 18.0. The Kier molecular flexibility index (Phi) is 6.61. The molecule has 2 heterocycles. The van der Waals surface area contributed by atoms with Crippen LogP contribution in [0.1, 0.15) is 18.2 Å². The highest BCUT2D eigenvalue weighted by Crippen LogP contribution is 2.29. The van der Waals surface area contributed by atoms with E-state index in [1.54, 1.807) is 11.9 Å². The fraction of sp³-hybridized carbons (Fsp3) is 0.200. The number of aryl methyl sites for hydroxylation is 1. The summed E-state index contributed by atoms with van der Waals surface area (Å²) in [6.07, 6.45) is 2.55. The minimum absolute atomic E-state index is 0.0676. The number of anilines is 1. The van der Waals surface area contributed by atoms with Crippen LogP contribution in [0.3, 0.4) is 0 Å². The number of rotatable bonds is 8. The molecule has 0 aliphatic rings. The van der Waals surface area contributed by atoms with Gasteiger partial charge in [-0.25, -0.2) is 4.98 Å². The van der Waals surface area contributed by atoms with E-state index in [9.17, 15) is 4.79 Å². The Morgan fingerprint density at radius 2 is 1.88 bits per heavy atom. The molecule has 4 aromatic rings. The second-order valence-electron chi connectivity index (χ2n) is 7.27. The Morgan fingerprint density at radius 3 is 2.62 bits per heavy atom. The Morgan fingerprint density at radius 1 is 1.06 bits per heavy atom. The van der Waals surface area contributed by atoms with Gasteiger partial charge in [-0.3, -0.25) is 14.1 Å². The van der Waals surface area contributed by atoms with Gasteiger partial charge in [0, 0.05) is 18.3 Å². The summed E-state index contributed by atoms with van der Waals surface area (Å²) in [5.74, 6) is 1.82. The van der Waals surface area contributed by atoms with E-state index in [1.165, 1.54) is 0 Å². The summed E-state index contributed by atoms with van der Waals surface area (Å²) < 4.78 is 13.6. The van der Waals surface area contributed by atoms with E-state index in [0.29, 0.717) is 41.0 Å². The number of hydrogen-bond acceptors (Lipinski definition) is 4. The van der Waals surface area contributed by atoms with Gasteiger partial charge >= 0.3 is 0 Å². The van der Waals surface area contributed by atoms with Crippen molar-refractivity contribution in [3.8, 4) is 11.5 Å². The lowest BCUT2D eigenvalue weighted by Crippen LogP contribution is -2.32. The van der Waals surface area contributed by atoms with Crippen molar-refractivity contribution in [2.45, 2.75) is 20.0 Å². The number of halogens is 1. The van der Waals surface area contributed by atoms with E-state index >= 15 is 0 Å². The predicted molar refractivity (Wildman–Crippen MR) is 126 cm³/mol. The van der Waals surface area contributed by atoms with Crippen LogP contribution in [0.25, 0.3) is 5.65 Å². The number of carbonyl (C=O) groups excluding carboxylic acids is 1. The molecule has 2 aromatic carbocycles. The molecule has 6 nitrogen and oxygen atoms in total. The molecule has 0 aliphatic heterocycles. The highest BCUT2D eigenvalue weighted by molar-refractivity contribution is 6.30. The first kappa shape index (κ1) is 21.7. The number of nitrogens with zero attached hydrogens (tertiary/aromatic N) is 3. The van der Waals surface area contributed by atoms with Gasteiger partial charge in [-0.2, -0.15) is 0 Å². The average Bonchev–Trinajstić information content (AvgIpc) is 3.20. The maximum Gasteiger partial charge on any atom is 0.265 e. The molecule has 0 aliphatic carbocycles. The van der Waals surface area contributed by atoms with E-state index < -0.39 is 0 Å². The van der Waals surface area contributed by atoms with Gasteiger partial charge in [0.05, 0.1) is 5.69 Å². The van der Waals surface area contributed by atoms with Crippen molar-refractivity contribution in [3.05, 3.63) is 89.2 Å². The summed E-state index contributed by atoms with van der Waals surface area (Å²) in [4.78, 5) is 19.2. The van der Waals surface area contributed by atoms with Crippen LogP contribution in [0.4, 0.5) is 5.82 Å². The van der Waals surface area contributed by atoms with Gasteiger partial charge < -0.3 is 9.47 Å². The number of imidazole rings is 1. The number of para-hydroxylation sites is 1. The third-order valence-electron chi connectivity index (χ3n) is 5.07. The molecule has 164 valence electrons. The molecule has 0 radical (unpaired) electrons. The normalized spacial score (nSPS) is 10.8. The van der Waals surface area contributed by atoms with Gasteiger partial charge in [0.2, 0.25) is 0 Å². The first-order valence-electron chi connectivity index (χ1n) is 10.4. The minimum atomic E-state index is -0.171. The summed E-state index contributed by atoms with van der Waals surface area (Å²) in [7, 11) is 1.73. The van der Waals surface area contributed by atoms with Gasteiger partial charge in [-0.15, -0.1) is 0 Å². The smallest absolute Gasteiger partial charge is 0.265 e. The van der Waals surface area contributed by atoms with Crippen LogP contribution in [-0.4, -0.2) is 28.9 Å². The molecule has 2 aromatic heterocycles. The lowest BCUT2D eigenvalue weighted by molar-refractivity contribution is -0.120. The third kappa shape index (κ3) is 4.70. The summed E-state index contributed by atoms with van der Waals surface area (Å²) in [5.41, 5.74) is 2.43. The summed E-state index contributed by atoms with van der Waals surface area (Å²) in [6, 6.07) is 20.6. The molecule has 0 spiro atoms. The fourth-order valence-electron chi connectivity index (χ4n) is 3.45. The van der Waals surface area contributed by atoms with Crippen molar-refractivity contribution in [2.75, 3.05) is 18.6 Å². The lowest BCUT2D eigenvalue weighted by Gasteiger charge is -2.18. The number of benzene rings is 2. The second-order valence-corrected chi connectivity index (χ2v) is 7.71. The molecule has 32 heavy (non-hydrogen) atoms. The predicted octanol–water partition coefficient (Wildman–Crippen LogP) is 5.17. The average molecular weight is 450 g/mol. The highest BCUT2D eigenvalue weighted by atomic mass is 35.5. The quantitative estimate of drug-likeness (QED) is 0.372. The van der Waals surface area contributed by atoms with Crippen molar-refractivity contribution >= 4 is 29.0 Å². The van der Waals surface area contributed by atoms with Gasteiger partial charge in [-0.1, -0.05) is 48.9 Å². The first-order valence-corrected chi connectivity index (χ1v) is 10.8. The van der Waals surface area contributed by atoms with E-state index in [0.717, 1.165) is 11.3 Å². The molecule has 0 unspecified atom stereocenters. The van der Waals surface area contributed by atoms with Crippen LogP contribution in [0, 0.1) is 0 Å². The number of fused-ring (bicyclic) bond motifs is 1. The number of pyridine rings is 1. The maximum atomic E-state index is 12.9. The van der Waals surface area contributed by atoms with Crippen molar-refractivity contribution in [2.24, 2.45) is 0 Å². The van der Waals surface area contributed by atoms with Gasteiger partial charge in [0.15, 0.2) is 18.0 Å². The molecule has 0 bridgehead atoms. The number of hydrogen-bond donors (Lipinski definition) is 0. The number of ether oxygens (including phenoxy) is 2. The number of carbonyl (C=O) groups is 1. The molecule has 0 fully saturated rings. The molecule has 4 rings (SSSR count). The molecular weight excluding hydrogens is 426 g/mol. The van der Waals surface area contributed by atoms with Crippen molar-refractivity contribution in [1.29, 1.82) is 0 Å². The molecular formula is C25H24ClN3O3. The molecule has 1 amide bonds. The van der Waals surface area contributed by atoms with E-state index in [1.807, 2.05) is 84.3 Å². The van der Waals surface area contributed by atoms with Crippen molar-refractivity contribution in [1.82, 2.24) is 9.38 Å². The molecule has 7 heteroatoms. The van der Waals surface area contributed by atoms with Crippen LogP contribution in [0.5, 0.6) is 11.5 Å². The summed E-state index contributed by atoms with van der Waals surface area (Å²) in [5, 5.41) is 0.665. The van der Waals surface area contributed by atoms with Crippen LogP contribution >= 0.6 is 11.6 Å². The Balaban J connectivity index is 1.57. The summed E-state index contributed by atoms with van der Waals surface area (Å²) in [6.45, 7) is 2.31. The van der Waals surface area contributed by atoms with Crippen LogP contribution in [0.15, 0.2) is 72.9 Å². The standard InChI is InChI=1S/C25H24ClN3O3/c1-3-21-25(28(2)23(30)17-31-20-11-5-4-6-12-20)29-14-8-13-22(24(29)27-21)32-16-18-9-7-10-19(26)15-18/h4-15H,3,16-17H2,1-2H3. The highest BCUT2D eigenvalue weighted by Gasteiger charge is 2.22. The molecule has 0 saturated carbocycles. The zero-order valence-corrected chi connectivity index (χ0v) is 18.7. The second kappa shape index (κ2) is 9.75. The van der Waals surface area contributed by atoms with Crippen molar-refractivity contribution in [3.63, 3.8) is 0 Å². The Labute approximate surface area is 192 Å². The topological polar surface area (TPSA) is 56.1 Å². The Hall–Kier alpha value is -3.51. The molecule has 0 atom stereocenters. The van der Waals surface area contributed by atoms with Gasteiger partial charge in [0.1, 0.15) is 18.2 Å². The van der Waals surface area contributed by atoms with Crippen LogP contribution < -0.4 is 14.4 Å². The van der Waals surface area contributed by atoms with Gasteiger partial charge in [0.25, 0.3) is 5.91 Å². The lowest BCUT2D eigenvalue weighted by atomic mass is 10.2. The number of amides is 1. The first-order chi connectivity index (χ1) is 15.6. The SMILES string of the molecule is CCc1nc2c(OCc3cccc(Cl)c3)cccn2c1N(C)C(=O)COc1ccccc1. The summed E-state index contributed by atoms with van der Waals surface area (Å²) >= 11 is 6.07. The van der Waals surface area contributed by atoms with E-state index in [2.05, 4.69) is 0 Å². The van der Waals surface area contributed by atoms with E-state index in [4.69, 9.17) is 26.1 Å². The molecule has 0 saturated heterocycles. The largest absolute Gasteiger partial charge is 0.485 e. The monoisotopic (exact) mass is 449 g/mol. The van der Waals surface area contributed by atoms with E-state index in [-0.39, 0.29) is 12.5 Å². The van der Waals surface area contributed by atoms with Crippen LogP contribution in [0.2, 0.25) is 5.02 Å². The molecule has 0 N–H and O–H groups in total. The van der Waals surface area contributed by atoms with Crippen LogP contribution in [-0.2, 0) is 17.8 Å².